The van der Waals surface area contributed by atoms with E-state index in [2.05, 4.69) is 10.5 Å². The topological polar surface area (TPSA) is 69.2 Å². The lowest BCUT2D eigenvalue weighted by molar-refractivity contribution is -0.123. The normalized spacial score (nSPS) is 12.9. The second-order valence-corrected chi connectivity index (χ2v) is 5.75. The Morgan fingerprint density at radius 3 is 2.80 bits per heavy atom. The zero-order valence-corrected chi connectivity index (χ0v) is 14.2. The third kappa shape index (κ3) is 4.50. The number of benzene rings is 2. The Labute approximate surface area is 146 Å². The van der Waals surface area contributed by atoms with Gasteiger partial charge in [0.25, 0.3) is 5.91 Å². The molecule has 0 fully saturated rings. The number of nitrogens with zero attached hydrogens (tertiary/aromatic N) is 1. The lowest BCUT2D eigenvalue weighted by Crippen LogP contribution is -2.24. The Hall–Kier alpha value is -3.02. The van der Waals surface area contributed by atoms with Gasteiger partial charge in [0, 0.05) is 0 Å². The highest BCUT2D eigenvalue weighted by Crippen LogP contribution is 2.30. The summed E-state index contributed by atoms with van der Waals surface area (Å²) in [5.74, 6) is 1.77. The van der Waals surface area contributed by atoms with Gasteiger partial charge in [-0.15, -0.1) is 0 Å². The van der Waals surface area contributed by atoms with Gasteiger partial charge in [0.2, 0.25) is 0 Å². The lowest BCUT2D eigenvalue weighted by atomic mass is 10.1. The molecule has 0 atom stereocenters. The molecule has 1 N–H and O–H groups in total. The van der Waals surface area contributed by atoms with Gasteiger partial charge in [0.05, 0.1) is 6.21 Å². The summed E-state index contributed by atoms with van der Waals surface area (Å²) in [4.78, 5) is 11.8. The molecule has 0 bridgehead atoms. The molecule has 0 unspecified atom stereocenters. The van der Waals surface area contributed by atoms with Gasteiger partial charge >= 0.3 is 0 Å². The van der Waals surface area contributed by atoms with E-state index in [1.807, 2.05) is 50.2 Å². The van der Waals surface area contributed by atoms with E-state index in [4.69, 9.17) is 14.2 Å². The van der Waals surface area contributed by atoms with Crippen LogP contribution in [0.2, 0.25) is 0 Å². The first-order valence-electron chi connectivity index (χ1n) is 8.03. The number of ether oxygens (including phenoxy) is 3. The van der Waals surface area contributed by atoms with Crippen LogP contribution in [0.1, 0.15) is 16.7 Å². The summed E-state index contributed by atoms with van der Waals surface area (Å²) in [5.41, 5.74) is 5.32. The molecule has 0 saturated carbocycles. The molecule has 6 heteroatoms. The number of hydrogen-bond acceptors (Lipinski definition) is 5. The maximum atomic E-state index is 11.8. The van der Waals surface area contributed by atoms with Crippen molar-refractivity contribution in [2.75, 3.05) is 19.8 Å². The Bertz CT molecular complexity index is 802. The predicted molar refractivity (Wildman–Crippen MR) is 94.6 cm³/mol. The van der Waals surface area contributed by atoms with Gasteiger partial charge in [-0.3, -0.25) is 4.79 Å². The first-order valence-corrected chi connectivity index (χ1v) is 8.03. The van der Waals surface area contributed by atoms with E-state index in [0.717, 1.165) is 16.7 Å². The zero-order valence-electron chi connectivity index (χ0n) is 14.2. The number of carbonyl (C=O) groups excluding carboxylic acids is 1. The van der Waals surface area contributed by atoms with Crippen LogP contribution < -0.4 is 19.6 Å². The molecule has 25 heavy (non-hydrogen) atoms. The first-order chi connectivity index (χ1) is 12.1. The third-order valence-electron chi connectivity index (χ3n) is 3.67. The number of carbonyl (C=O) groups is 1. The van der Waals surface area contributed by atoms with Crippen LogP contribution in [0, 0.1) is 13.8 Å². The maximum Gasteiger partial charge on any atom is 0.277 e. The highest BCUT2D eigenvalue weighted by atomic mass is 16.6. The number of rotatable bonds is 5. The molecule has 2 aromatic carbocycles. The van der Waals surface area contributed by atoms with E-state index < -0.39 is 0 Å². The first kappa shape index (κ1) is 16.8. The second-order valence-electron chi connectivity index (χ2n) is 5.75. The Morgan fingerprint density at radius 2 is 1.96 bits per heavy atom. The number of nitrogens with one attached hydrogen (secondary N) is 1. The molecular weight excluding hydrogens is 320 g/mol. The van der Waals surface area contributed by atoms with Gasteiger partial charge < -0.3 is 14.2 Å². The largest absolute Gasteiger partial charge is 0.486 e. The van der Waals surface area contributed by atoms with Crippen molar-refractivity contribution in [1.82, 2.24) is 5.43 Å². The standard InChI is InChI=1S/C19H20N2O4/c1-13-3-4-14(2)17(9-13)25-12-19(22)21-20-11-15-5-6-16-18(10-15)24-8-7-23-16/h3-6,9-11H,7-8,12H2,1-2H3,(H,21,22). The van der Waals surface area contributed by atoms with Crippen molar-refractivity contribution in [3.8, 4) is 17.2 Å². The summed E-state index contributed by atoms with van der Waals surface area (Å²) < 4.78 is 16.5. The number of fused-ring (bicyclic) bond motifs is 1. The third-order valence-corrected chi connectivity index (χ3v) is 3.67. The quantitative estimate of drug-likeness (QED) is 0.671. The van der Waals surface area contributed by atoms with Crippen LogP contribution in [-0.4, -0.2) is 31.9 Å². The molecule has 0 saturated heterocycles. The fourth-order valence-electron chi connectivity index (χ4n) is 2.36. The number of hydrazone groups is 1. The predicted octanol–water partition coefficient (Wildman–Crippen LogP) is 2.60. The Morgan fingerprint density at radius 1 is 1.16 bits per heavy atom. The van der Waals surface area contributed by atoms with E-state index in [1.54, 1.807) is 6.21 Å². The molecule has 0 aliphatic carbocycles. The molecule has 2 aromatic rings. The monoisotopic (exact) mass is 340 g/mol. The van der Waals surface area contributed by atoms with Gasteiger partial charge in [-0.05, 0) is 54.8 Å². The molecule has 3 rings (SSSR count). The van der Waals surface area contributed by atoms with E-state index in [1.165, 1.54) is 0 Å². The average molecular weight is 340 g/mol. The minimum Gasteiger partial charge on any atom is -0.486 e. The molecule has 0 aromatic heterocycles. The van der Waals surface area contributed by atoms with Crippen molar-refractivity contribution >= 4 is 12.1 Å². The van der Waals surface area contributed by atoms with Crippen LogP contribution in [-0.2, 0) is 4.79 Å². The van der Waals surface area contributed by atoms with Crippen molar-refractivity contribution in [2.45, 2.75) is 13.8 Å². The van der Waals surface area contributed by atoms with Gasteiger partial charge in [0.1, 0.15) is 19.0 Å². The zero-order chi connectivity index (χ0) is 17.6. The summed E-state index contributed by atoms with van der Waals surface area (Å²) in [6, 6.07) is 11.3. The van der Waals surface area contributed by atoms with Crippen molar-refractivity contribution in [2.24, 2.45) is 5.10 Å². The van der Waals surface area contributed by atoms with E-state index in [-0.39, 0.29) is 12.5 Å². The summed E-state index contributed by atoms with van der Waals surface area (Å²) in [5, 5.41) is 3.94. The van der Waals surface area contributed by atoms with E-state index in [0.29, 0.717) is 30.5 Å². The van der Waals surface area contributed by atoms with Crippen LogP contribution in [0.3, 0.4) is 0 Å². The maximum absolute atomic E-state index is 11.8. The molecular formula is C19H20N2O4. The molecule has 130 valence electrons. The van der Waals surface area contributed by atoms with Gasteiger partial charge in [-0.2, -0.15) is 5.10 Å². The Balaban J connectivity index is 1.52. The number of hydrogen-bond donors (Lipinski definition) is 1. The molecule has 1 aliphatic heterocycles. The van der Waals surface area contributed by atoms with Crippen molar-refractivity contribution in [3.63, 3.8) is 0 Å². The minimum absolute atomic E-state index is 0.0945. The fourth-order valence-corrected chi connectivity index (χ4v) is 2.36. The molecule has 0 spiro atoms. The number of amides is 1. The lowest BCUT2D eigenvalue weighted by Gasteiger charge is -2.18. The van der Waals surface area contributed by atoms with Gasteiger partial charge in [-0.25, -0.2) is 5.43 Å². The molecule has 1 heterocycles. The van der Waals surface area contributed by atoms with Gasteiger partial charge in [0.15, 0.2) is 18.1 Å². The summed E-state index contributed by atoms with van der Waals surface area (Å²) in [6.45, 7) is 4.90. The minimum atomic E-state index is -0.324. The summed E-state index contributed by atoms with van der Waals surface area (Å²) in [6.07, 6.45) is 1.55. The fraction of sp³-hybridized carbons (Fsp3) is 0.263. The smallest absolute Gasteiger partial charge is 0.277 e. The van der Waals surface area contributed by atoms with E-state index >= 15 is 0 Å². The van der Waals surface area contributed by atoms with Crippen molar-refractivity contribution in [1.29, 1.82) is 0 Å². The molecule has 1 amide bonds. The van der Waals surface area contributed by atoms with Crippen molar-refractivity contribution in [3.05, 3.63) is 53.1 Å². The van der Waals surface area contributed by atoms with Crippen LogP contribution in [0.15, 0.2) is 41.5 Å². The molecule has 6 nitrogen and oxygen atoms in total. The van der Waals surface area contributed by atoms with Crippen LogP contribution >= 0.6 is 0 Å². The summed E-state index contributed by atoms with van der Waals surface area (Å²) >= 11 is 0. The molecule has 0 radical (unpaired) electrons. The Kier molecular flexibility index (Phi) is 5.18. The number of aryl methyl sites for hydroxylation is 2. The van der Waals surface area contributed by atoms with Crippen LogP contribution in [0.4, 0.5) is 0 Å². The highest BCUT2D eigenvalue weighted by molar-refractivity contribution is 5.83. The molecule has 1 aliphatic rings. The van der Waals surface area contributed by atoms with Crippen LogP contribution in [0.25, 0.3) is 0 Å². The van der Waals surface area contributed by atoms with E-state index in [9.17, 15) is 4.79 Å². The summed E-state index contributed by atoms with van der Waals surface area (Å²) in [7, 11) is 0. The van der Waals surface area contributed by atoms with Crippen LogP contribution in [0.5, 0.6) is 17.2 Å². The highest BCUT2D eigenvalue weighted by Gasteiger charge is 2.11. The second kappa shape index (κ2) is 7.70. The SMILES string of the molecule is Cc1ccc(C)c(OCC(=O)NN=Cc2ccc3c(c2)OCCO3)c1. The van der Waals surface area contributed by atoms with Crippen molar-refractivity contribution < 1.29 is 19.0 Å². The average Bonchev–Trinajstić information content (AvgIpc) is 2.62. The van der Waals surface area contributed by atoms with Gasteiger partial charge in [-0.1, -0.05) is 12.1 Å².